The largest absolute Gasteiger partial charge is 0.508 e. The quantitative estimate of drug-likeness (QED) is 0.723. The van der Waals surface area contributed by atoms with Crippen LogP contribution in [0, 0.1) is 0 Å². The fourth-order valence-electron chi connectivity index (χ4n) is 3.03. The number of hydrogen-bond donors (Lipinski definition) is 2. The molecule has 0 aliphatic carbocycles. The second kappa shape index (κ2) is 3.14. The molecule has 0 saturated carbocycles. The monoisotopic (exact) mass is 204 g/mol. The number of nitrogens with two attached hydrogens (primary N) is 1. The second-order valence-electron chi connectivity index (χ2n) is 4.55. The standard InChI is InChI=1S/C12H16N2O/c13-7-10-2-1-9-5-8-6-11(15)3-4-12(8)14(9)10/h3-4,6,9-10,15H,1-2,5,7,13H2. The molecule has 3 nitrogen and oxygen atoms in total. The Hall–Kier alpha value is -1.22. The van der Waals surface area contributed by atoms with Crippen molar-refractivity contribution in [3.63, 3.8) is 0 Å². The third kappa shape index (κ3) is 1.23. The molecule has 2 unspecified atom stereocenters. The number of phenolic OH excluding ortho intramolecular Hbond substituents is 1. The first-order valence-electron chi connectivity index (χ1n) is 5.60. The van der Waals surface area contributed by atoms with E-state index < -0.39 is 0 Å². The average molecular weight is 204 g/mol. The number of hydrogen-bond acceptors (Lipinski definition) is 3. The maximum absolute atomic E-state index is 9.44. The van der Waals surface area contributed by atoms with Crippen molar-refractivity contribution in [3.8, 4) is 5.75 Å². The molecule has 3 rings (SSSR count). The first-order chi connectivity index (χ1) is 7.29. The minimum absolute atomic E-state index is 0.374. The minimum Gasteiger partial charge on any atom is -0.508 e. The SMILES string of the molecule is NCC1CCC2Cc3cc(O)ccc3N12. The zero-order chi connectivity index (χ0) is 10.4. The molecule has 3 heteroatoms. The Morgan fingerprint density at radius 2 is 2.27 bits per heavy atom. The topological polar surface area (TPSA) is 49.5 Å². The minimum atomic E-state index is 0.374. The van der Waals surface area contributed by atoms with E-state index in [2.05, 4.69) is 4.90 Å². The van der Waals surface area contributed by atoms with Crippen LogP contribution in [-0.4, -0.2) is 23.7 Å². The number of rotatable bonds is 1. The summed E-state index contributed by atoms with van der Waals surface area (Å²) >= 11 is 0. The summed E-state index contributed by atoms with van der Waals surface area (Å²) in [4.78, 5) is 2.45. The van der Waals surface area contributed by atoms with E-state index in [1.165, 1.54) is 24.1 Å². The summed E-state index contributed by atoms with van der Waals surface area (Å²) < 4.78 is 0. The zero-order valence-corrected chi connectivity index (χ0v) is 8.69. The number of nitrogens with zero attached hydrogens (tertiary/aromatic N) is 1. The lowest BCUT2D eigenvalue weighted by atomic mass is 10.1. The summed E-state index contributed by atoms with van der Waals surface area (Å²) in [7, 11) is 0. The molecule has 1 aromatic rings. The fourth-order valence-corrected chi connectivity index (χ4v) is 3.03. The summed E-state index contributed by atoms with van der Waals surface area (Å²) in [5.74, 6) is 0.374. The number of anilines is 1. The van der Waals surface area contributed by atoms with Crippen LogP contribution in [0.4, 0.5) is 5.69 Å². The van der Waals surface area contributed by atoms with Crippen LogP contribution in [-0.2, 0) is 6.42 Å². The van der Waals surface area contributed by atoms with Crippen LogP contribution >= 0.6 is 0 Å². The Balaban J connectivity index is 2.02. The van der Waals surface area contributed by atoms with Crippen LogP contribution in [0.5, 0.6) is 5.75 Å². The van der Waals surface area contributed by atoms with E-state index in [1.807, 2.05) is 12.1 Å². The molecule has 3 N–H and O–H groups in total. The molecule has 2 aliphatic rings. The van der Waals surface area contributed by atoms with Crippen molar-refractivity contribution in [1.29, 1.82) is 0 Å². The summed E-state index contributed by atoms with van der Waals surface area (Å²) in [6.45, 7) is 0.733. The van der Waals surface area contributed by atoms with Crippen molar-refractivity contribution < 1.29 is 5.11 Å². The lowest BCUT2D eigenvalue weighted by Gasteiger charge is -2.26. The molecule has 1 fully saturated rings. The van der Waals surface area contributed by atoms with Crippen LogP contribution in [0.25, 0.3) is 0 Å². The highest BCUT2D eigenvalue weighted by Gasteiger charge is 2.38. The van der Waals surface area contributed by atoms with Gasteiger partial charge < -0.3 is 15.7 Å². The first-order valence-corrected chi connectivity index (χ1v) is 5.60. The van der Waals surface area contributed by atoms with Crippen molar-refractivity contribution in [2.45, 2.75) is 31.3 Å². The molecule has 15 heavy (non-hydrogen) atoms. The number of benzene rings is 1. The van der Waals surface area contributed by atoms with Gasteiger partial charge in [-0.3, -0.25) is 0 Å². The van der Waals surface area contributed by atoms with E-state index in [1.54, 1.807) is 6.07 Å². The van der Waals surface area contributed by atoms with Crippen molar-refractivity contribution in [1.82, 2.24) is 0 Å². The second-order valence-corrected chi connectivity index (χ2v) is 4.55. The van der Waals surface area contributed by atoms with E-state index in [-0.39, 0.29) is 0 Å². The zero-order valence-electron chi connectivity index (χ0n) is 8.69. The highest BCUT2D eigenvalue weighted by molar-refractivity contribution is 5.63. The van der Waals surface area contributed by atoms with Crippen LogP contribution < -0.4 is 10.6 Å². The van der Waals surface area contributed by atoms with Crippen molar-refractivity contribution in [3.05, 3.63) is 23.8 Å². The predicted molar refractivity (Wildman–Crippen MR) is 60.2 cm³/mol. The highest BCUT2D eigenvalue weighted by Crippen LogP contribution is 2.41. The van der Waals surface area contributed by atoms with Gasteiger partial charge in [-0.25, -0.2) is 0 Å². The van der Waals surface area contributed by atoms with E-state index in [0.29, 0.717) is 17.8 Å². The molecule has 0 amide bonds. The Bertz CT molecular complexity index is 391. The van der Waals surface area contributed by atoms with Gasteiger partial charge in [0.05, 0.1) is 0 Å². The third-order valence-electron chi connectivity index (χ3n) is 3.69. The van der Waals surface area contributed by atoms with Crippen LogP contribution in [0.3, 0.4) is 0 Å². The van der Waals surface area contributed by atoms with Gasteiger partial charge in [-0.15, -0.1) is 0 Å². The third-order valence-corrected chi connectivity index (χ3v) is 3.69. The molecule has 0 spiro atoms. The molecule has 2 aliphatic heterocycles. The van der Waals surface area contributed by atoms with Crippen LogP contribution in [0.1, 0.15) is 18.4 Å². The van der Waals surface area contributed by atoms with Crippen LogP contribution in [0.15, 0.2) is 18.2 Å². The first kappa shape index (κ1) is 9.04. The summed E-state index contributed by atoms with van der Waals surface area (Å²) in [6.07, 6.45) is 3.51. The van der Waals surface area contributed by atoms with Gasteiger partial charge in [-0.2, -0.15) is 0 Å². The summed E-state index contributed by atoms with van der Waals surface area (Å²) in [6, 6.07) is 6.81. The smallest absolute Gasteiger partial charge is 0.116 e. The number of phenols is 1. The molecule has 1 saturated heterocycles. The maximum atomic E-state index is 9.44. The van der Waals surface area contributed by atoms with Gasteiger partial charge in [0.15, 0.2) is 0 Å². The Labute approximate surface area is 89.5 Å². The van der Waals surface area contributed by atoms with Crippen molar-refractivity contribution in [2.24, 2.45) is 5.73 Å². The molecule has 2 atom stereocenters. The number of aromatic hydroxyl groups is 1. The van der Waals surface area contributed by atoms with E-state index in [4.69, 9.17) is 5.73 Å². The van der Waals surface area contributed by atoms with Crippen molar-refractivity contribution in [2.75, 3.05) is 11.4 Å². The molecule has 0 aromatic heterocycles. The molecule has 2 heterocycles. The van der Waals surface area contributed by atoms with E-state index in [9.17, 15) is 5.11 Å². The van der Waals surface area contributed by atoms with Gasteiger partial charge in [0.2, 0.25) is 0 Å². The van der Waals surface area contributed by atoms with Gasteiger partial charge in [0, 0.05) is 24.3 Å². The van der Waals surface area contributed by atoms with Gasteiger partial charge in [0.1, 0.15) is 5.75 Å². The van der Waals surface area contributed by atoms with Crippen LogP contribution in [0.2, 0.25) is 0 Å². The highest BCUT2D eigenvalue weighted by atomic mass is 16.3. The Morgan fingerprint density at radius 1 is 1.40 bits per heavy atom. The molecular weight excluding hydrogens is 188 g/mol. The molecule has 1 aromatic carbocycles. The predicted octanol–water partition coefficient (Wildman–Crippen LogP) is 1.24. The average Bonchev–Trinajstić information content (AvgIpc) is 2.74. The summed E-state index contributed by atoms with van der Waals surface area (Å²) in [5, 5.41) is 9.44. The van der Waals surface area contributed by atoms with Gasteiger partial charge in [-0.1, -0.05) is 0 Å². The lowest BCUT2D eigenvalue weighted by molar-refractivity contribution is 0.474. The van der Waals surface area contributed by atoms with Gasteiger partial charge in [-0.05, 0) is 43.0 Å². The molecule has 0 radical (unpaired) electrons. The molecule has 0 bridgehead atoms. The fraction of sp³-hybridized carbons (Fsp3) is 0.500. The Kier molecular flexibility index (Phi) is 1.89. The van der Waals surface area contributed by atoms with Gasteiger partial charge >= 0.3 is 0 Å². The van der Waals surface area contributed by atoms with E-state index in [0.717, 1.165) is 13.0 Å². The van der Waals surface area contributed by atoms with Crippen molar-refractivity contribution >= 4 is 5.69 Å². The van der Waals surface area contributed by atoms with E-state index >= 15 is 0 Å². The number of fused-ring (bicyclic) bond motifs is 3. The maximum Gasteiger partial charge on any atom is 0.116 e. The lowest BCUT2D eigenvalue weighted by Crippen LogP contribution is -2.37. The molecule has 80 valence electrons. The Morgan fingerprint density at radius 3 is 3.07 bits per heavy atom. The molecular formula is C12H16N2O. The normalized spacial score (nSPS) is 27.9. The van der Waals surface area contributed by atoms with Gasteiger partial charge in [0.25, 0.3) is 0 Å². The summed E-state index contributed by atoms with van der Waals surface area (Å²) in [5.41, 5.74) is 8.34.